The molecule has 0 aromatic carbocycles. The molecule has 1 heterocycles. The van der Waals surface area contributed by atoms with Crippen LogP contribution in [0.25, 0.3) is 0 Å². The van der Waals surface area contributed by atoms with Gasteiger partial charge in [0.2, 0.25) is 11.8 Å². The number of piperazine rings is 1. The number of nitrogens with one attached hydrogen (secondary N) is 4. The maximum absolute atomic E-state index is 11.2. The first-order valence-electron chi connectivity index (χ1n) is 4.03. The first kappa shape index (κ1) is 10.9. The molecule has 0 aromatic heterocycles. The molecule has 0 aromatic rings. The topological polar surface area (TPSA) is 123 Å². The molecule has 0 radical (unpaired) electrons. The Morgan fingerprint density at radius 1 is 1.00 bits per heavy atom. The third kappa shape index (κ3) is 2.39. The van der Waals surface area contributed by atoms with Crippen LogP contribution in [0.15, 0.2) is 0 Å². The van der Waals surface area contributed by atoms with Gasteiger partial charge in [0.25, 0.3) is 0 Å². The van der Waals surface area contributed by atoms with Crippen LogP contribution in [0, 0.1) is 0 Å². The van der Waals surface area contributed by atoms with Crippen molar-refractivity contribution in [2.75, 3.05) is 13.1 Å². The fourth-order valence-electron chi connectivity index (χ4n) is 1.15. The quantitative estimate of drug-likeness (QED) is 0.270. The normalized spacial score (nSPS) is 27.0. The minimum atomic E-state index is -0.789. The molecule has 2 atom stereocenters. The SMILES string of the molecule is O=C1NC(CNO)C(=O)NC1CNO. The van der Waals surface area contributed by atoms with Crippen molar-refractivity contribution in [3.05, 3.63) is 0 Å². The van der Waals surface area contributed by atoms with E-state index in [4.69, 9.17) is 10.4 Å². The van der Waals surface area contributed by atoms with Crippen LogP contribution in [-0.2, 0) is 9.59 Å². The van der Waals surface area contributed by atoms with Crippen molar-refractivity contribution < 1.29 is 20.0 Å². The van der Waals surface area contributed by atoms with Crippen molar-refractivity contribution in [2.45, 2.75) is 12.1 Å². The number of hydroxylamine groups is 2. The molecule has 14 heavy (non-hydrogen) atoms. The molecule has 0 saturated carbocycles. The number of amides is 2. The van der Waals surface area contributed by atoms with Crippen LogP contribution in [0.4, 0.5) is 0 Å². The van der Waals surface area contributed by atoms with E-state index in [-0.39, 0.29) is 13.1 Å². The van der Waals surface area contributed by atoms with Crippen LogP contribution in [-0.4, -0.2) is 47.4 Å². The van der Waals surface area contributed by atoms with Gasteiger partial charge in [-0.2, -0.15) is 0 Å². The van der Waals surface area contributed by atoms with Crippen LogP contribution < -0.4 is 21.6 Å². The van der Waals surface area contributed by atoms with Gasteiger partial charge in [0.15, 0.2) is 0 Å². The lowest BCUT2D eigenvalue weighted by molar-refractivity contribution is -0.137. The molecule has 0 bridgehead atoms. The third-order valence-electron chi connectivity index (χ3n) is 1.86. The minimum absolute atomic E-state index is 0.0587. The smallest absolute Gasteiger partial charge is 0.244 e. The number of carbonyl (C=O) groups is 2. The van der Waals surface area contributed by atoms with Crippen LogP contribution in [0.2, 0.25) is 0 Å². The summed E-state index contributed by atoms with van der Waals surface area (Å²) in [5.41, 5.74) is 3.59. The Balaban J connectivity index is 2.53. The van der Waals surface area contributed by atoms with Gasteiger partial charge in [-0.15, -0.1) is 0 Å². The Morgan fingerprint density at radius 2 is 1.36 bits per heavy atom. The van der Waals surface area contributed by atoms with Gasteiger partial charge in [0.1, 0.15) is 12.1 Å². The van der Waals surface area contributed by atoms with E-state index in [0.717, 1.165) is 0 Å². The molecular formula is C6H12N4O4. The summed E-state index contributed by atoms with van der Waals surface area (Å²) in [7, 11) is 0. The first-order valence-corrected chi connectivity index (χ1v) is 4.03. The van der Waals surface area contributed by atoms with E-state index in [9.17, 15) is 9.59 Å². The van der Waals surface area contributed by atoms with Gasteiger partial charge in [-0.3, -0.25) is 9.59 Å². The van der Waals surface area contributed by atoms with Crippen LogP contribution in [0.1, 0.15) is 0 Å². The molecule has 8 heteroatoms. The van der Waals surface area contributed by atoms with Crippen molar-refractivity contribution in [1.82, 2.24) is 21.6 Å². The molecule has 1 aliphatic rings. The van der Waals surface area contributed by atoms with Gasteiger partial charge in [0.05, 0.1) is 13.1 Å². The number of hydrogen-bond donors (Lipinski definition) is 6. The zero-order valence-electron chi connectivity index (χ0n) is 7.28. The molecule has 2 amide bonds. The summed E-state index contributed by atoms with van der Waals surface area (Å²) < 4.78 is 0. The molecule has 1 aliphatic heterocycles. The van der Waals surface area contributed by atoms with Crippen LogP contribution >= 0.6 is 0 Å². The maximum atomic E-state index is 11.2. The number of hydrogen-bond acceptors (Lipinski definition) is 6. The van der Waals surface area contributed by atoms with Gasteiger partial charge in [0, 0.05) is 0 Å². The van der Waals surface area contributed by atoms with Crippen molar-refractivity contribution in [3.63, 3.8) is 0 Å². The summed E-state index contributed by atoms with van der Waals surface area (Å²) in [6.07, 6.45) is 0. The summed E-state index contributed by atoms with van der Waals surface area (Å²) in [5.74, 6) is -0.821. The van der Waals surface area contributed by atoms with E-state index in [1.807, 2.05) is 0 Å². The summed E-state index contributed by atoms with van der Waals surface area (Å²) >= 11 is 0. The molecule has 6 N–H and O–H groups in total. The largest absolute Gasteiger partial charge is 0.341 e. The number of rotatable bonds is 4. The Bertz CT molecular complexity index is 210. The molecular weight excluding hydrogens is 192 g/mol. The highest BCUT2D eigenvalue weighted by molar-refractivity contribution is 5.97. The van der Waals surface area contributed by atoms with Crippen molar-refractivity contribution in [2.24, 2.45) is 0 Å². The second-order valence-corrected chi connectivity index (χ2v) is 2.85. The molecule has 1 saturated heterocycles. The molecule has 8 nitrogen and oxygen atoms in total. The maximum Gasteiger partial charge on any atom is 0.244 e. The Hall–Kier alpha value is -1.22. The third-order valence-corrected chi connectivity index (χ3v) is 1.86. The van der Waals surface area contributed by atoms with Gasteiger partial charge in [-0.05, 0) is 0 Å². The van der Waals surface area contributed by atoms with E-state index in [1.165, 1.54) is 0 Å². The second-order valence-electron chi connectivity index (χ2n) is 2.85. The summed E-state index contributed by atoms with van der Waals surface area (Å²) in [5, 5.41) is 21.5. The van der Waals surface area contributed by atoms with Crippen LogP contribution in [0.3, 0.4) is 0 Å². The van der Waals surface area contributed by atoms with Crippen molar-refractivity contribution in [1.29, 1.82) is 0 Å². The Labute approximate surface area is 79.6 Å². The highest BCUT2D eigenvalue weighted by atomic mass is 16.5. The lowest BCUT2D eigenvalue weighted by Gasteiger charge is -2.28. The highest BCUT2D eigenvalue weighted by Gasteiger charge is 2.32. The Kier molecular flexibility index (Phi) is 3.77. The highest BCUT2D eigenvalue weighted by Crippen LogP contribution is 1.95. The van der Waals surface area contributed by atoms with E-state index in [1.54, 1.807) is 11.0 Å². The molecule has 1 fully saturated rings. The first-order chi connectivity index (χ1) is 6.69. The molecule has 0 spiro atoms. The van der Waals surface area contributed by atoms with E-state index in [0.29, 0.717) is 0 Å². The predicted molar refractivity (Wildman–Crippen MR) is 43.4 cm³/mol. The molecule has 1 rings (SSSR count). The second kappa shape index (κ2) is 4.86. The standard InChI is InChI=1S/C6H12N4O4/c11-5-3(1-7-13)9-6(12)4(10-5)2-8-14/h3-4,7-8,13-14H,1-2H2,(H,9,12)(H,10,11). The Morgan fingerprint density at radius 3 is 1.64 bits per heavy atom. The van der Waals surface area contributed by atoms with Crippen LogP contribution in [0.5, 0.6) is 0 Å². The van der Waals surface area contributed by atoms with E-state index >= 15 is 0 Å². The molecule has 0 aliphatic carbocycles. The van der Waals surface area contributed by atoms with Gasteiger partial charge in [-0.25, -0.2) is 11.0 Å². The summed E-state index contributed by atoms with van der Waals surface area (Å²) in [6, 6.07) is -1.58. The van der Waals surface area contributed by atoms with Gasteiger partial charge < -0.3 is 21.0 Å². The zero-order chi connectivity index (χ0) is 10.6. The lowest BCUT2D eigenvalue weighted by atomic mass is 10.1. The molecule has 2 unspecified atom stereocenters. The predicted octanol–water partition coefficient (Wildman–Crippen LogP) is -3.07. The fraction of sp³-hybridized carbons (Fsp3) is 0.667. The average molecular weight is 204 g/mol. The van der Waals surface area contributed by atoms with Crippen molar-refractivity contribution >= 4 is 11.8 Å². The summed E-state index contributed by atoms with van der Waals surface area (Å²) in [6.45, 7) is -0.117. The van der Waals surface area contributed by atoms with Crippen molar-refractivity contribution in [3.8, 4) is 0 Å². The van der Waals surface area contributed by atoms with E-state index < -0.39 is 23.9 Å². The zero-order valence-corrected chi connectivity index (χ0v) is 7.28. The fourth-order valence-corrected chi connectivity index (χ4v) is 1.15. The minimum Gasteiger partial charge on any atom is -0.341 e. The average Bonchev–Trinajstić information content (AvgIpc) is 2.14. The lowest BCUT2D eigenvalue weighted by Crippen LogP contribution is -2.65. The number of carbonyl (C=O) groups excluding carboxylic acids is 2. The summed E-state index contributed by atoms with van der Waals surface area (Å²) in [4.78, 5) is 22.5. The molecule has 80 valence electrons. The van der Waals surface area contributed by atoms with E-state index in [2.05, 4.69) is 10.6 Å². The van der Waals surface area contributed by atoms with Gasteiger partial charge >= 0.3 is 0 Å². The monoisotopic (exact) mass is 204 g/mol. The van der Waals surface area contributed by atoms with Gasteiger partial charge in [-0.1, -0.05) is 0 Å².